The molecule has 2 nitrogen and oxygen atoms in total. The van der Waals surface area contributed by atoms with Gasteiger partial charge in [-0.1, -0.05) is 63.9 Å². The molecular weight excluding hydrogens is 248 g/mol. The summed E-state index contributed by atoms with van der Waals surface area (Å²) >= 11 is 0. The van der Waals surface area contributed by atoms with Gasteiger partial charge >= 0.3 is 0 Å². The molecule has 20 heavy (non-hydrogen) atoms. The molecule has 0 saturated carbocycles. The van der Waals surface area contributed by atoms with E-state index in [2.05, 4.69) is 52.0 Å². The molecule has 0 aliphatic carbocycles. The quantitative estimate of drug-likeness (QED) is 0.573. The summed E-state index contributed by atoms with van der Waals surface area (Å²) < 4.78 is 12.0. The van der Waals surface area contributed by atoms with Gasteiger partial charge in [0, 0.05) is 6.61 Å². The van der Waals surface area contributed by atoms with Crippen molar-refractivity contribution in [2.75, 3.05) is 19.8 Å². The van der Waals surface area contributed by atoms with Crippen LogP contribution >= 0.6 is 0 Å². The van der Waals surface area contributed by atoms with E-state index in [9.17, 15) is 0 Å². The second-order valence-electron chi connectivity index (χ2n) is 6.06. The lowest BCUT2D eigenvalue weighted by Gasteiger charge is -2.31. The third-order valence-corrected chi connectivity index (χ3v) is 3.39. The fourth-order valence-corrected chi connectivity index (χ4v) is 2.07. The minimum atomic E-state index is -0.349. The maximum atomic E-state index is 6.16. The van der Waals surface area contributed by atoms with E-state index in [0.29, 0.717) is 12.5 Å². The van der Waals surface area contributed by atoms with Gasteiger partial charge in [0.2, 0.25) is 0 Å². The van der Waals surface area contributed by atoms with Gasteiger partial charge < -0.3 is 9.47 Å². The first kappa shape index (κ1) is 17.2. The maximum Gasteiger partial charge on any atom is 0.114 e. The summed E-state index contributed by atoms with van der Waals surface area (Å²) in [6.07, 6.45) is 3.59. The van der Waals surface area contributed by atoms with E-state index in [1.165, 1.54) is 18.4 Å². The fourth-order valence-electron chi connectivity index (χ4n) is 2.07. The summed E-state index contributed by atoms with van der Waals surface area (Å²) in [5.74, 6) is 0.526. The topological polar surface area (TPSA) is 18.5 Å². The van der Waals surface area contributed by atoms with Crippen molar-refractivity contribution >= 4 is 0 Å². The van der Waals surface area contributed by atoms with Gasteiger partial charge in [0.1, 0.15) is 5.60 Å². The van der Waals surface area contributed by atoms with Gasteiger partial charge in [0.25, 0.3) is 0 Å². The molecule has 0 bridgehead atoms. The highest BCUT2D eigenvalue weighted by molar-refractivity contribution is 5.22. The zero-order valence-electron chi connectivity index (χ0n) is 13.5. The molecule has 0 aromatic heterocycles. The molecule has 1 atom stereocenters. The van der Waals surface area contributed by atoms with E-state index in [-0.39, 0.29) is 5.60 Å². The smallest absolute Gasteiger partial charge is 0.114 e. The monoisotopic (exact) mass is 278 g/mol. The van der Waals surface area contributed by atoms with E-state index >= 15 is 0 Å². The van der Waals surface area contributed by atoms with Crippen LogP contribution in [0.2, 0.25) is 0 Å². The average molecular weight is 278 g/mol. The van der Waals surface area contributed by atoms with Crippen LogP contribution in [0.1, 0.15) is 52.5 Å². The van der Waals surface area contributed by atoms with Gasteiger partial charge in [-0.2, -0.15) is 0 Å². The largest absolute Gasteiger partial charge is 0.378 e. The Labute approximate surface area is 124 Å². The Morgan fingerprint density at radius 1 is 1.10 bits per heavy atom. The Balaban J connectivity index is 2.59. The summed E-state index contributed by atoms with van der Waals surface area (Å²) in [5, 5.41) is 0. The summed E-state index contributed by atoms with van der Waals surface area (Å²) in [6.45, 7) is 10.9. The minimum Gasteiger partial charge on any atom is -0.378 e. The lowest BCUT2D eigenvalue weighted by molar-refractivity contribution is -0.100. The number of unbranched alkanes of at least 4 members (excludes halogenated alkanes) is 2. The van der Waals surface area contributed by atoms with Crippen LogP contribution in [0.25, 0.3) is 0 Å². The SMILES string of the molecule is CCCCCOCC(C)(OCC(C)C)c1ccccc1. The van der Waals surface area contributed by atoms with E-state index < -0.39 is 0 Å². The first-order valence-corrected chi connectivity index (χ1v) is 7.85. The molecule has 0 saturated heterocycles. The van der Waals surface area contributed by atoms with Crippen molar-refractivity contribution in [2.24, 2.45) is 5.92 Å². The normalized spacial score (nSPS) is 14.4. The van der Waals surface area contributed by atoms with Gasteiger partial charge in [-0.25, -0.2) is 0 Å². The lowest BCUT2D eigenvalue weighted by Crippen LogP contribution is -2.33. The van der Waals surface area contributed by atoms with Gasteiger partial charge in [-0.05, 0) is 24.8 Å². The zero-order chi connectivity index (χ0) is 14.8. The van der Waals surface area contributed by atoms with Crippen molar-refractivity contribution in [3.8, 4) is 0 Å². The van der Waals surface area contributed by atoms with Crippen LogP contribution in [0, 0.1) is 5.92 Å². The summed E-state index contributed by atoms with van der Waals surface area (Å²) in [5.41, 5.74) is 0.841. The Bertz CT molecular complexity index is 348. The van der Waals surface area contributed by atoms with Crippen LogP contribution in [-0.2, 0) is 15.1 Å². The molecule has 1 aromatic carbocycles. The standard InChI is InChI=1S/C18H30O2/c1-5-6-10-13-19-15-18(4,20-14-16(2)3)17-11-8-7-9-12-17/h7-9,11-12,16H,5-6,10,13-15H2,1-4H3. The van der Waals surface area contributed by atoms with Crippen LogP contribution in [0.3, 0.4) is 0 Å². The van der Waals surface area contributed by atoms with Crippen LogP contribution < -0.4 is 0 Å². The Hall–Kier alpha value is -0.860. The van der Waals surface area contributed by atoms with Gasteiger partial charge in [0.15, 0.2) is 0 Å². The van der Waals surface area contributed by atoms with Crippen LogP contribution in [0.5, 0.6) is 0 Å². The Morgan fingerprint density at radius 2 is 1.80 bits per heavy atom. The van der Waals surface area contributed by atoms with Gasteiger partial charge in [0.05, 0.1) is 13.2 Å². The Kier molecular flexibility index (Phi) is 7.86. The molecule has 114 valence electrons. The maximum absolute atomic E-state index is 6.16. The van der Waals surface area contributed by atoms with Crippen molar-refractivity contribution in [2.45, 2.75) is 52.6 Å². The average Bonchev–Trinajstić information content (AvgIpc) is 2.46. The molecule has 0 N–H and O–H groups in total. The summed E-state index contributed by atoms with van der Waals surface area (Å²) in [7, 11) is 0. The van der Waals surface area contributed by atoms with Crippen LogP contribution in [0.15, 0.2) is 30.3 Å². The third kappa shape index (κ3) is 6.06. The highest BCUT2D eigenvalue weighted by Gasteiger charge is 2.28. The zero-order valence-corrected chi connectivity index (χ0v) is 13.5. The molecule has 0 aliphatic heterocycles. The molecule has 1 rings (SSSR count). The molecule has 0 aliphatic rings. The second kappa shape index (κ2) is 9.15. The third-order valence-electron chi connectivity index (χ3n) is 3.39. The van der Waals surface area contributed by atoms with Crippen LogP contribution in [-0.4, -0.2) is 19.8 Å². The molecule has 1 unspecified atom stereocenters. The second-order valence-corrected chi connectivity index (χ2v) is 6.06. The number of ether oxygens (including phenoxy) is 2. The predicted molar refractivity (Wildman–Crippen MR) is 84.9 cm³/mol. The van der Waals surface area contributed by atoms with Crippen molar-refractivity contribution in [1.82, 2.24) is 0 Å². The van der Waals surface area contributed by atoms with Gasteiger partial charge in [-0.3, -0.25) is 0 Å². The van der Waals surface area contributed by atoms with E-state index in [0.717, 1.165) is 19.6 Å². The van der Waals surface area contributed by atoms with E-state index in [1.807, 2.05) is 6.07 Å². The molecule has 0 radical (unpaired) electrons. The lowest BCUT2D eigenvalue weighted by atomic mass is 9.96. The van der Waals surface area contributed by atoms with Crippen molar-refractivity contribution in [3.05, 3.63) is 35.9 Å². The Morgan fingerprint density at radius 3 is 2.40 bits per heavy atom. The highest BCUT2D eigenvalue weighted by atomic mass is 16.5. The summed E-state index contributed by atoms with van der Waals surface area (Å²) in [6, 6.07) is 10.4. The van der Waals surface area contributed by atoms with E-state index in [4.69, 9.17) is 9.47 Å². The number of hydrogen-bond acceptors (Lipinski definition) is 2. The molecule has 0 spiro atoms. The summed E-state index contributed by atoms with van der Waals surface area (Å²) in [4.78, 5) is 0. The number of hydrogen-bond donors (Lipinski definition) is 0. The number of benzene rings is 1. The molecule has 0 heterocycles. The first-order valence-electron chi connectivity index (χ1n) is 7.85. The highest BCUT2D eigenvalue weighted by Crippen LogP contribution is 2.26. The number of rotatable bonds is 10. The molecule has 0 fully saturated rings. The van der Waals surface area contributed by atoms with Crippen molar-refractivity contribution < 1.29 is 9.47 Å². The minimum absolute atomic E-state index is 0.349. The molecule has 2 heteroatoms. The fraction of sp³-hybridized carbons (Fsp3) is 0.667. The van der Waals surface area contributed by atoms with Gasteiger partial charge in [-0.15, -0.1) is 0 Å². The van der Waals surface area contributed by atoms with Crippen LogP contribution in [0.4, 0.5) is 0 Å². The molecule has 0 amide bonds. The van der Waals surface area contributed by atoms with Crippen molar-refractivity contribution in [3.63, 3.8) is 0 Å². The molecular formula is C18H30O2. The molecule has 1 aromatic rings. The predicted octanol–water partition coefficient (Wildman–Crippen LogP) is 4.78. The van der Waals surface area contributed by atoms with E-state index in [1.54, 1.807) is 0 Å². The van der Waals surface area contributed by atoms with Crippen molar-refractivity contribution in [1.29, 1.82) is 0 Å². The first-order chi connectivity index (χ1) is 9.58.